The van der Waals surface area contributed by atoms with Crippen molar-refractivity contribution < 1.29 is 19.1 Å². The van der Waals surface area contributed by atoms with Gasteiger partial charge in [0.25, 0.3) is 0 Å². The molecule has 0 aliphatic carbocycles. The average molecular weight is 306 g/mol. The second-order valence-electron chi connectivity index (χ2n) is 1.49. The zero-order valence-electron chi connectivity index (χ0n) is 6.80. The number of rotatable bonds is 2. The molecule has 72 valence electrons. The molecule has 0 aromatic heterocycles. The van der Waals surface area contributed by atoms with Gasteiger partial charge in [0.15, 0.2) is 0 Å². The van der Waals surface area contributed by atoms with E-state index in [1.54, 1.807) is 0 Å². The maximum atomic E-state index is 9.79. The number of carbonyl (C=O) groups is 2. The molecule has 0 N–H and O–H groups in total. The summed E-state index contributed by atoms with van der Waals surface area (Å²) in [6, 6.07) is 0. The van der Waals surface area contributed by atoms with E-state index in [9.17, 15) is 9.59 Å². The number of alkyl halides is 2. The van der Waals surface area contributed by atoms with E-state index in [2.05, 4.69) is 41.3 Å². The van der Waals surface area contributed by atoms with E-state index in [4.69, 9.17) is 0 Å². The molecule has 6 heteroatoms. The predicted molar refractivity (Wildman–Crippen MR) is 51.1 cm³/mol. The molecular weight excluding hydrogens is 296 g/mol. The molecule has 0 aromatic rings. The van der Waals surface area contributed by atoms with E-state index in [0.717, 1.165) is 0 Å². The molecule has 0 saturated heterocycles. The smallest absolute Gasteiger partial charge is 0.303 e. The summed E-state index contributed by atoms with van der Waals surface area (Å²) in [4.78, 5) is 19.6. The Morgan fingerprint density at radius 2 is 1.25 bits per heavy atom. The van der Waals surface area contributed by atoms with E-state index in [-0.39, 0.29) is 11.9 Å². The van der Waals surface area contributed by atoms with Crippen LogP contribution in [-0.2, 0) is 19.1 Å². The van der Waals surface area contributed by atoms with Crippen molar-refractivity contribution in [3.63, 3.8) is 0 Å². The Balaban J connectivity index is 0. The molecule has 4 nitrogen and oxygen atoms in total. The highest BCUT2D eigenvalue weighted by atomic mass is 79.9. The largest absolute Gasteiger partial charge is 0.454 e. The minimum absolute atomic E-state index is 0.258. The van der Waals surface area contributed by atoms with Gasteiger partial charge in [-0.15, -0.1) is 0 Å². The molecule has 0 aliphatic rings. The zero-order chi connectivity index (χ0) is 9.98. The second-order valence-corrected chi connectivity index (χ2v) is 2.41. The quantitative estimate of drug-likeness (QED) is 0.577. The van der Waals surface area contributed by atoms with Crippen LogP contribution < -0.4 is 0 Å². The SMILES string of the molecule is CC(=O)OCBr.CC(=O)OCBr. The van der Waals surface area contributed by atoms with Crippen LogP contribution in [0.2, 0.25) is 0 Å². The Bertz CT molecular complexity index is 122. The number of hydrogen-bond acceptors (Lipinski definition) is 4. The fourth-order valence-corrected chi connectivity index (χ4v) is 0.798. The van der Waals surface area contributed by atoms with Gasteiger partial charge in [0.2, 0.25) is 0 Å². The maximum absolute atomic E-state index is 9.79. The molecule has 0 radical (unpaired) electrons. The fourth-order valence-electron chi connectivity index (χ4n) is 0.154. The number of carbonyl (C=O) groups excluding carboxylic acids is 2. The first-order chi connectivity index (χ1) is 5.54. The van der Waals surface area contributed by atoms with Crippen molar-refractivity contribution in [2.45, 2.75) is 13.8 Å². The van der Waals surface area contributed by atoms with Gasteiger partial charge in [0.05, 0.1) is 0 Å². The summed E-state index contributed by atoms with van der Waals surface area (Å²) < 4.78 is 8.64. The molecule has 0 aromatic carbocycles. The summed E-state index contributed by atoms with van der Waals surface area (Å²) in [7, 11) is 0. The third-order valence-electron chi connectivity index (χ3n) is 0.516. The molecule has 0 heterocycles. The van der Waals surface area contributed by atoms with Gasteiger partial charge >= 0.3 is 11.9 Å². The van der Waals surface area contributed by atoms with Crippen LogP contribution in [0.3, 0.4) is 0 Å². The third-order valence-corrected chi connectivity index (χ3v) is 0.973. The Morgan fingerprint density at radius 1 is 1.00 bits per heavy atom. The first kappa shape index (κ1) is 14.4. The molecule has 0 spiro atoms. The second kappa shape index (κ2) is 10.9. The van der Waals surface area contributed by atoms with Crippen LogP contribution in [0.25, 0.3) is 0 Å². The monoisotopic (exact) mass is 304 g/mol. The van der Waals surface area contributed by atoms with E-state index < -0.39 is 0 Å². The van der Waals surface area contributed by atoms with Crippen LogP contribution in [-0.4, -0.2) is 23.0 Å². The molecule has 0 bridgehead atoms. The maximum Gasteiger partial charge on any atom is 0.303 e. The highest BCUT2D eigenvalue weighted by Gasteiger charge is 1.83. The van der Waals surface area contributed by atoms with Crippen LogP contribution in [0.4, 0.5) is 0 Å². The lowest BCUT2D eigenvalue weighted by atomic mass is 10.8. The van der Waals surface area contributed by atoms with Crippen molar-refractivity contribution in [3.05, 3.63) is 0 Å². The third kappa shape index (κ3) is 22.5. The summed E-state index contributed by atoms with van der Waals surface area (Å²) in [5, 5.41) is 0. The lowest BCUT2D eigenvalue weighted by Gasteiger charge is -1.87. The number of ether oxygens (including phenoxy) is 2. The number of esters is 2. The highest BCUT2D eigenvalue weighted by molar-refractivity contribution is 9.09. The van der Waals surface area contributed by atoms with Crippen molar-refractivity contribution >= 4 is 43.8 Å². The Kier molecular flexibility index (Phi) is 13.1. The van der Waals surface area contributed by atoms with Gasteiger partial charge in [-0.3, -0.25) is 9.59 Å². The van der Waals surface area contributed by atoms with Gasteiger partial charge in [-0.2, -0.15) is 0 Å². The van der Waals surface area contributed by atoms with Crippen molar-refractivity contribution in [3.8, 4) is 0 Å². The Labute approximate surface area is 87.9 Å². The van der Waals surface area contributed by atoms with Gasteiger partial charge < -0.3 is 9.47 Å². The summed E-state index contributed by atoms with van der Waals surface area (Å²) in [5.41, 5.74) is 0.588. The van der Waals surface area contributed by atoms with Gasteiger partial charge in [-0.25, -0.2) is 0 Å². The zero-order valence-corrected chi connectivity index (χ0v) is 9.98. The van der Waals surface area contributed by atoms with Gasteiger partial charge in [0.1, 0.15) is 11.0 Å². The van der Waals surface area contributed by atoms with Gasteiger partial charge in [-0.05, 0) is 31.9 Å². The first-order valence-corrected chi connectivity index (χ1v) is 5.17. The van der Waals surface area contributed by atoms with Crippen LogP contribution in [0.1, 0.15) is 13.8 Å². The molecule has 0 rings (SSSR count). The van der Waals surface area contributed by atoms with E-state index >= 15 is 0 Å². The lowest BCUT2D eigenvalue weighted by molar-refractivity contribution is -0.139. The molecule has 0 atom stereocenters. The standard InChI is InChI=1S/2C3H5BrO2/c2*1-3(5)6-2-4/h2*2H2,1H3. The van der Waals surface area contributed by atoms with Crippen LogP contribution in [0.15, 0.2) is 0 Å². The van der Waals surface area contributed by atoms with Gasteiger partial charge in [-0.1, -0.05) is 0 Å². The molecule has 0 unspecified atom stereocenters. The summed E-state index contributed by atoms with van der Waals surface area (Å²) >= 11 is 5.81. The highest BCUT2D eigenvalue weighted by Crippen LogP contribution is 1.81. The van der Waals surface area contributed by atoms with Gasteiger partial charge in [0, 0.05) is 13.8 Å². The minimum Gasteiger partial charge on any atom is -0.454 e. The predicted octanol–water partition coefficient (Wildman–Crippen LogP) is 1.80. The van der Waals surface area contributed by atoms with E-state index in [1.807, 2.05) is 0 Å². The van der Waals surface area contributed by atoms with E-state index in [0.29, 0.717) is 11.0 Å². The number of halogens is 2. The lowest BCUT2D eigenvalue weighted by Crippen LogP contribution is -1.93. The van der Waals surface area contributed by atoms with Crippen molar-refractivity contribution in [1.82, 2.24) is 0 Å². The molecular formula is C6H10Br2O4. The Morgan fingerprint density at radius 3 is 1.25 bits per heavy atom. The molecule has 0 saturated carbocycles. The van der Waals surface area contributed by atoms with Crippen molar-refractivity contribution in [1.29, 1.82) is 0 Å². The molecule has 0 aliphatic heterocycles. The van der Waals surface area contributed by atoms with Crippen LogP contribution in [0, 0.1) is 0 Å². The minimum atomic E-state index is -0.258. The topological polar surface area (TPSA) is 52.6 Å². The molecule has 12 heavy (non-hydrogen) atoms. The van der Waals surface area contributed by atoms with Crippen molar-refractivity contribution in [2.75, 3.05) is 11.0 Å². The van der Waals surface area contributed by atoms with Crippen LogP contribution >= 0.6 is 31.9 Å². The fraction of sp³-hybridized carbons (Fsp3) is 0.667. The summed E-state index contributed by atoms with van der Waals surface area (Å²) in [6.07, 6.45) is 0. The summed E-state index contributed by atoms with van der Waals surface area (Å²) in [5.74, 6) is -0.515. The summed E-state index contributed by atoms with van der Waals surface area (Å²) in [6.45, 7) is 2.72. The van der Waals surface area contributed by atoms with E-state index in [1.165, 1.54) is 13.8 Å². The number of hydrogen-bond donors (Lipinski definition) is 0. The molecule has 0 amide bonds. The van der Waals surface area contributed by atoms with Crippen molar-refractivity contribution in [2.24, 2.45) is 0 Å². The Hall–Kier alpha value is -0.100. The first-order valence-electron chi connectivity index (χ1n) is 2.93. The van der Waals surface area contributed by atoms with Crippen LogP contribution in [0.5, 0.6) is 0 Å². The average Bonchev–Trinajstić information content (AvgIpc) is 1.87. The normalized spacial score (nSPS) is 7.67. The molecule has 0 fully saturated rings.